The molecule has 0 bridgehead atoms. The van der Waals surface area contributed by atoms with Crippen LogP contribution in [0.5, 0.6) is 0 Å². The molecular weight excluding hydrogens is 352 g/mol. The molecule has 0 aliphatic heterocycles. The molecule has 122 valence electrons. The van der Waals surface area contributed by atoms with Gasteiger partial charge in [-0.2, -0.15) is 0 Å². The number of rotatable bonds is 7. The van der Waals surface area contributed by atoms with Gasteiger partial charge in [-0.05, 0) is 24.0 Å². The number of hydrogen-bond acceptors (Lipinski definition) is 7. The van der Waals surface area contributed by atoms with Crippen molar-refractivity contribution in [3.63, 3.8) is 0 Å². The highest BCUT2D eigenvalue weighted by molar-refractivity contribution is 8.03. The highest BCUT2D eigenvalue weighted by Crippen LogP contribution is 2.28. The Balaban J connectivity index is 1.85. The lowest BCUT2D eigenvalue weighted by Crippen LogP contribution is -2.14. The van der Waals surface area contributed by atoms with Crippen molar-refractivity contribution in [3.8, 4) is 0 Å². The highest BCUT2D eigenvalue weighted by atomic mass is 32.2. The average molecular weight is 369 g/mol. The van der Waals surface area contributed by atoms with Crippen LogP contribution in [0, 0.1) is 0 Å². The Hall–Kier alpha value is -1.58. The second-order valence-corrected chi connectivity index (χ2v) is 8.08. The summed E-state index contributed by atoms with van der Waals surface area (Å²) < 4.78 is 1.70. The summed E-state index contributed by atoms with van der Waals surface area (Å²) in [6.07, 6.45) is 0. The molecule has 0 aliphatic rings. The number of thioether (sulfide) groups is 2. The minimum absolute atomic E-state index is 0.130. The van der Waals surface area contributed by atoms with Crippen LogP contribution in [0.15, 0.2) is 32.9 Å². The van der Waals surface area contributed by atoms with Gasteiger partial charge in [-0.3, -0.25) is 9.59 Å². The number of carbonyl (C=O) groups is 2. The van der Waals surface area contributed by atoms with E-state index >= 15 is 0 Å². The van der Waals surface area contributed by atoms with Gasteiger partial charge in [0.05, 0.1) is 5.75 Å². The molecule has 1 heterocycles. The molecule has 0 saturated heterocycles. The number of nitrogens with zero attached hydrogens (tertiary/aromatic N) is 2. The van der Waals surface area contributed by atoms with Gasteiger partial charge in [-0.15, -0.1) is 10.2 Å². The van der Waals surface area contributed by atoms with Gasteiger partial charge in [0.2, 0.25) is 11.8 Å². The minimum atomic E-state index is -0.152. The molecule has 0 spiro atoms. The molecule has 0 aliphatic carbocycles. The average Bonchev–Trinajstić information content (AvgIpc) is 2.93. The lowest BCUT2D eigenvalue weighted by molar-refractivity contribution is -0.114. The van der Waals surface area contributed by atoms with Crippen LogP contribution in [-0.4, -0.2) is 33.5 Å². The smallest absolute Gasteiger partial charge is 0.234 e. The first-order valence-electron chi connectivity index (χ1n) is 6.83. The maximum atomic E-state index is 12.0. The summed E-state index contributed by atoms with van der Waals surface area (Å²) in [5.41, 5.74) is 1.29. The third-order valence-corrected chi connectivity index (χ3v) is 5.52. The van der Waals surface area contributed by atoms with Crippen molar-refractivity contribution in [2.75, 3.05) is 22.1 Å². The Kier molecular flexibility index (Phi) is 6.87. The van der Waals surface area contributed by atoms with Crippen molar-refractivity contribution in [2.24, 2.45) is 0 Å². The van der Waals surface area contributed by atoms with E-state index in [1.807, 2.05) is 0 Å². The zero-order chi connectivity index (χ0) is 16.7. The van der Waals surface area contributed by atoms with Crippen LogP contribution >= 0.6 is 34.9 Å². The Morgan fingerprint density at radius 3 is 2.43 bits per heavy atom. The van der Waals surface area contributed by atoms with Crippen molar-refractivity contribution >= 4 is 58.0 Å². The fourth-order valence-corrected chi connectivity index (χ4v) is 4.36. The fourth-order valence-electron chi connectivity index (χ4n) is 1.64. The first-order chi connectivity index (χ1) is 11.1. The number of hydrogen-bond donors (Lipinski definition) is 2. The molecule has 0 fully saturated rings. The lowest BCUT2D eigenvalue weighted by atomic mass is 10.2. The van der Waals surface area contributed by atoms with Gasteiger partial charge in [0.1, 0.15) is 0 Å². The molecule has 2 aromatic rings. The van der Waals surface area contributed by atoms with E-state index in [1.54, 1.807) is 36.0 Å². The quantitative estimate of drug-likeness (QED) is 0.729. The van der Waals surface area contributed by atoms with Crippen LogP contribution in [0.2, 0.25) is 0 Å². The first kappa shape index (κ1) is 17.8. The third kappa shape index (κ3) is 6.20. The number of nitrogens with one attached hydrogen (secondary N) is 2. The van der Waals surface area contributed by atoms with Crippen molar-refractivity contribution in [1.82, 2.24) is 10.2 Å². The molecule has 0 saturated carbocycles. The Morgan fingerprint density at radius 1 is 1.13 bits per heavy atom. The van der Waals surface area contributed by atoms with E-state index in [2.05, 4.69) is 27.8 Å². The van der Waals surface area contributed by atoms with Gasteiger partial charge in [-0.25, -0.2) is 0 Å². The maximum absolute atomic E-state index is 12.0. The molecular formula is C14H16N4O2S3. The van der Waals surface area contributed by atoms with Gasteiger partial charge in [0.25, 0.3) is 0 Å². The van der Waals surface area contributed by atoms with Crippen molar-refractivity contribution < 1.29 is 9.59 Å². The summed E-state index contributed by atoms with van der Waals surface area (Å²) in [4.78, 5) is 23.0. The standard InChI is InChI=1S/C14H16N4O2S3/c1-3-21-13-17-18-14(23-13)22-8-12(20)16-11-6-4-5-10(7-11)15-9(2)19/h4-7H,3,8H2,1-2H3,(H,15,19)(H,16,20). The summed E-state index contributed by atoms with van der Waals surface area (Å²) in [6.45, 7) is 3.50. The predicted molar refractivity (Wildman–Crippen MR) is 96.4 cm³/mol. The molecule has 2 N–H and O–H groups in total. The highest BCUT2D eigenvalue weighted by Gasteiger charge is 2.09. The topological polar surface area (TPSA) is 84.0 Å². The van der Waals surface area contributed by atoms with Crippen molar-refractivity contribution in [2.45, 2.75) is 22.5 Å². The van der Waals surface area contributed by atoms with Crippen LogP contribution < -0.4 is 10.6 Å². The molecule has 1 aromatic carbocycles. The van der Waals surface area contributed by atoms with E-state index in [4.69, 9.17) is 0 Å². The van der Waals surface area contributed by atoms with E-state index in [1.165, 1.54) is 30.0 Å². The van der Waals surface area contributed by atoms with Gasteiger partial charge in [0.15, 0.2) is 8.68 Å². The number of anilines is 2. The normalized spacial score (nSPS) is 10.3. The molecule has 2 rings (SSSR count). The van der Waals surface area contributed by atoms with Gasteiger partial charge in [-0.1, -0.05) is 47.9 Å². The van der Waals surface area contributed by atoms with Gasteiger partial charge < -0.3 is 10.6 Å². The van der Waals surface area contributed by atoms with E-state index in [9.17, 15) is 9.59 Å². The Labute approximate surface area is 146 Å². The maximum Gasteiger partial charge on any atom is 0.234 e. The summed E-state index contributed by atoms with van der Waals surface area (Å²) in [5.74, 6) is 0.927. The summed E-state index contributed by atoms with van der Waals surface area (Å²) >= 11 is 4.49. The number of benzene rings is 1. The van der Waals surface area contributed by atoms with Crippen LogP contribution in [0.25, 0.3) is 0 Å². The molecule has 9 heteroatoms. The van der Waals surface area contributed by atoms with Crippen molar-refractivity contribution in [3.05, 3.63) is 24.3 Å². The van der Waals surface area contributed by atoms with E-state index in [0.29, 0.717) is 11.4 Å². The fraction of sp³-hybridized carbons (Fsp3) is 0.286. The van der Waals surface area contributed by atoms with E-state index in [-0.39, 0.29) is 17.6 Å². The number of carbonyl (C=O) groups excluding carboxylic acids is 2. The zero-order valence-corrected chi connectivity index (χ0v) is 15.1. The van der Waals surface area contributed by atoms with Crippen LogP contribution in [-0.2, 0) is 9.59 Å². The summed E-state index contributed by atoms with van der Waals surface area (Å²) in [5, 5.41) is 13.6. The van der Waals surface area contributed by atoms with Gasteiger partial charge in [0, 0.05) is 18.3 Å². The Bertz CT molecular complexity index is 690. The molecule has 0 unspecified atom stereocenters. The largest absolute Gasteiger partial charge is 0.326 e. The van der Waals surface area contributed by atoms with Gasteiger partial charge >= 0.3 is 0 Å². The predicted octanol–water partition coefficient (Wildman–Crippen LogP) is 3.34. The zero-order valence-electron chi connectivity index (χ0n) is 12.7. The van der Waals surface area contributed by atoms with Crippen molar-refractivity contribution in [1.29, 1.82) is 0 Å². The molecule has 6 nitrogen and oxygen atoms in total. The second-order valence-electron chi connectivity index (χ2n) is 4.37. The molecule has 23 heavy (non-hydrogen) atoms. The van der Waals surface area contributed by atoms with Crippen LogP contribution in [0.4, 0.5) is 11.4 Å². The number of aromatic nitrogens is 2. The van der Waals surface area contributed by atoms with E-state index < -0.39 is 0 Å². The second kappa shape index (κ2) is 8.90. The summed E-state index contributed by atoms with van der Waals surface area (Å²) in [6, 6.07) is 7.02. The van der Waals surface area contributed by atoms with Crippen LogP contribution in [0.3, 0.4) is 0 Å². The van der Waals surface area contributed by atoms with Crippen LogP contribution in [0.1, 0.15) is 13.8 Å². The molecule has 1 aromatic heterocycles. The Morgan fingerprint density at radius 2 is 1.78 bits per heavy atom. The SMILES string of the molecule is CCSc1nnc(SCC(=O)Nc2cccc(NC(C)=O)c2)s1. The third-order valence-electron chi connectivity index (χ3n) is 2.45. The van der Waals surface area contributed by atoms with E-state index in [0.717, 1.165) is 14.4 Å². The summed E-state index contributed by atoms with van der Waals surface area (Å²) in [7, 11) is 0. The molecule has 0 radical (unpaired) electrons. The number of amides is 2. The molecule has 0 atom stereocenters. The molecule has 2 amide bonds. The monoisotopic (exact) mass is 368 g/mol. The first-order valence-corrected chi connectivity index (χ1v) is 9.62. The minimum Gasteiger partial charge on any atom is -0.326 e. The lowest BCUT2D eigenvalue weighted by Gasteiger charge is -2.07.